The monoisotopic (exact) mass is 376 g/mol. The number of hydrogen-bond acceptors (Lipinski definition) is 5. The van der Waals surface area contributed by atoms with Crippen molar-refractivity contribution >= 4 is 23.2 Å². The second kappa shape index (κ2) is 7.84. The predicted octanol–water partition coefficient (Wildman–Crippen LogP) is 4.36. The summed E-state index contributed by atoms with van der Waals surface area (Å²) in [6.45, 7) is 0.383. The van der Waals surface area contributed by atoms with E-state index in [0.717, 1.165) is 16.0 Å². The number of aromatic nitrogens is 3. The lowest BCUT2D eigenvalue weighted by Gasteiger charge is -2.07. The number of benzene rings is 2. The number of aromatic amines is 1. The van der Waals surface area contributed by atoms with Crippen molar-refractivity contribution in [3.8, 4) is 16.2 Å². The summed E-state index contributed by atoms with van der Waals surface area (Å²) < 4.78 is 5.97. The zero-order valence-electron chi connectivity index (χ0n) is 14.3. The molecule has 2 aromatic carbocycles. The summed E-state index contributed by atoms with van der Waals surface area (Å²) in [5.74, 6) is 0.547. The lowest BCUT2D eigenvalue weighted by Crippen LogP contribution is -2.12. The van der Waals surface area contributed by atoms with Crippen LogP contribution >= 0.6 is 11.3 Å². The van der Waals surface area contributed by atoms with Gasteiger partial charge < -0.3 is 4.74 Å². The standard InChI is InChI=1S/C20H16N4O2S/c25-19(23-20-21-13-22-24-20)18-16(26-12-14-7-3-1-4-8-14)11-17(27-18)15-9-5-2-6-10-15/h1-11,13H,12H2,(H2,21,22,23,24,25). The quantitative estimate of drug-likeness (QED) is 0.524. The molecule has 0 aliphatic carbocycles. The Balaban J connectivity index is 1.62. The average molecular weight is 376 g/mol. The van der Waals surface area contributed by atoms with E-state index in [1.54, 1.807) is 0 Å². The third-order valence-electron chi connectivity index (χ3n) is 3.85. The highest BCUT2D eigenvalue weighted by molar-refractivity contribution is 7.17. The average Bonchev–Trinajstić information content (AvgIpc) is 3.38. The van der Waals surface area contributed by atoms with Gasteiger partial charge in [0.25, 0.3) is 5.91 Å². The van der Waals surface area contributed by atoms with Crippen LogP contribution in [0.3, 0.4) is 0 Å². The zero-order chi connectivity index (χ0) is 18.5. The number of nitrogens with one attached hydrogen (secondary N) is 2. The zero-order valence-corrected chi connectivity index (χ0v) is 15.1. The maximum absolute atomic E-state index is 12.7. The second-order valence-corrected chi connectivity index (χ2v) is 6.78. The first-order chi connectivity index (χ1) is 13.3. The third kappa shape index (κ3) is 4.04. The van der Waals surface area contributed by atoms with Crippen molar-refractivity contribution < 1.29 is 9.53 Å². The minimum atomic E-state index is -0.290. The summed E-state index contributed by atoms with van der Waals surface area (Å²) in [6.07, 6.45) is 1.34. The molecule has 0 aliphatic heterocycles. The van der Waals surface area contributed by atoms with E-state index in [4.69, 9.17) is 4.74 Å². The topological polar surface area (TPSA) is 79.9 Å². The second-order valence-electron chi connectivity index (χ2n) is 5.73. The minimum Gasteiger partial charge on any atom is -0.487 e. The molecule has 6 nitrogen and oxygen atoms in total. The Bertz CT molecular complexity index is 1010. The van der Waals surface area contributed by atoms with Gasteiger partial charge >= 0.3 is 0 Å². The van der Waals surface area contributed by atoms with Crippen LogP contribution in [0, 0.1) is 0 Å². The molecule has 0 spiro atoms. The first-order valence-corrected chi connectivity index (χ1v) is 9.14. The van der Waals surface area contributed by atoms with Gasteiger partial charge in [-0.3, -0.25) is 10.1 Å². The number of ether oxygens (including phenoxy) is 1. The molecule has 0 unspecified atom stereocenters. The van der Waals surface area contributed by atoms with Crippen LogP contribution in [0.2, 0.25) is 0 Å². The van der Waals surface area contributed by atoms with Gasteiger partial charge in [0.05, 0.1) is 0 Å². The van der Waals surface area contributed by atoms with Crippen molar-refractivity contribution in [1.29, 1.82) is 0 Å². The van der Waals surface area contributed by atoms with Crippen LogP contribution in [-0.4, -0.2) is 21.1 Å². The molecular weight excluding hydrogens is 360 g/mol. The molecule has 0 radical (unpaired) electrons. The fourth-order valence-electron chi connectivity index (χ4n) is 2.55. The van der Waals surface area contributed by atoms with Gasteiger partial charge in [0.2, 0.25) is 5.95 Å². The maximum Gasteiger partial charge on any atom is 0.271 e. The van der Waals surface area contributed by atoms with E-state index in [2.05, 4.69) is 20.5 Å². The van der Waals surface area contributed by atoms with Crippen LogP contribution < -0.4 is 10.1 Å². The highest BCUT2D eigenvalue weighted by Crippen LogP contribution is 2.37. The Kier molecular flexibility index (Phi) is 4.93. The lowest BCUT2D eigenvalue weighted by molar-refractivity contribution is 0.102. The van der Waals surface area contributed by atoms with Crippen LogP contribution in [0.25, 0.3) is 10.4 Å². The lowest BCUT2D eigenvalue weighted by atomic mass is 10.2. The van der Waals surface area contributed by atoms with Gasteiger partial charge in [-0.15, -0.1) is 11.3 Å². The Labute approximate surface area is 159 Å². The molecule has 0 atom stereocenters. The number of hydrogen-bond donors (Lipinski definition) is 2. The number of rotatable bonds is 6. The third-order valence-corrected chi connectivity index (χ3v) is 5.01. The number of H-pyrrole nitrogens is 1. The van der Waals surface area contributed by atoms with Gasteiger partial charge in [-0.25, -0.2) is 5.10 Å². The predicted molar refractivity (Wildman–Crippen MR) is 105 cm³/mol. The van der Waals surface area contributed by atoms with Gasteiger partial charge in [-0.1, -0.05) is 60.7 Å². The fourth-order valence-corrected chi connectivity index (χ4v) is 3.55. The van der Waals surface area contributed by atoms with Crippen molar-refractivity contribution in [2.75, 3.05) is 5.32 Å². The van der Waals surface area contributed by atoms with Gasteiger partial charge in [0, 0.05) is 4.88 Å². The molecule has 134 valence electrons. The number of carbonyl (C=O) groups is 1. The Morgan fingerprint density at radius 1 is 1.07 bits per heavy atom. The molecule has 0 fully saturated rings. The van der Waals surface area contributed by atoms with Crippen molar-refractivity contribution in [2.24, 2.45) is 0 Å². The smallest absolute Gasteiger partial charge is 0.271 e. The van der Waals surface area contributed by atoms with Gasteiger partial charge in [0.15, 0.2) is 0 Å². The van der Waals surface area contributed by atoms with Crippen molar-refractivity contribution in [3.05, 3.63) is 83.5 Å². The van der Waals surface area contributed by atoms with Crippen molar-refractivity contribution in [1.82, 2.24) is 15.2 Å². The molecule has 2 aromatic heterocycles. The van der Waals surface area contributed by atoms with Crippen LogP contribution in [0.1, 0.15) is 15.2 Å². The molecule has 1 amide bonds. The molecule has 4 rings (SSSR count). The van der Waals surface area contributed by atoms with Crippen LogP contribution in [-0.2, 0) is 6.61 Å². The number of nitrogens with zero attached hydrogens (tertiary/aromatic N) is 2. The van der Waals surface area contributed by atoms with Crippen molar-refractivity contribution in [2.45, 2.75) is 6.61 Å². The summed E-state index contributed by atoms with van der Waals surface area (Å²) >= 11 is 1.38. The minimum absolute atomic E-state index is 0.290. The summed E-state index contributed by atoms with van der Waals surface area (Å²) in [7, 11) is 0. The Hall–Kier alpha value is -3.45. The molecule has 2 heterocycles. The number of anilines is 1. The molecule has 2 N–H and O–H groups in total. The molecule has 27 heavy (non-hydrogen) atoms. The molecule has 0 bridgehead atoms. The van der Waals surface area contributed by atoms with Crippen LogP contribution in [0.15, 0.2) is 73.1 Å². The normalized spacial score (nSPS) is 10.5. The van der Waals surface area contributed by atoms with E-state index in [0.29, 0.717) is 23.2 Å². The van der Waals surface area contributed by atoms with E-state index < -0.39 is 0 Å². The number of thiophene rings is 1. The Morgan fingerprint density at radius 3 is 2.52 bits per heavy atom. The van der Waals surface area contributed by atoms with Gasteiger partial charge in [0.1, 0.15) is 23.6 Å². The number of amides is 1. The van der Waals surface area contributed by atoms with Crippen molar-refractivity contribution in [3.63, 3.8) is 0 Å². The molecule has 7 heteroatoms. The summed E-state index contributed by atoms with van der Waals surface area (Å²) in [4.78, 5) is 18.1. The first kappa shape index (κ1) is 17.0. The summed E-state index contributed by atoms with van der Waals surface area (Å²) in [5.41, 5.74) is 2.07. The SMILES string of the molecule is O=C(Nc1ncn[nH]1)c1sc(-c2ccccc2)cc1OCc1ccccc1. The molecule has 4 aromatic rings. The Morgan fingerprint density at radius 2 is 1.81 bits per heavy atom. The van der Waals surface area contributed by atoms with Gasteiger partial charge in [-0.05, 0) is 17.2 Å². The van der Waals surface area contributed by atoms with E-state index in [1.165, 1.54) is 17.7 Å². The summed E-state index contributed by atoms with van der Waals surface area (Å²) in [6, 6.07) is 21.6. The largest absolute Gasteiger partial charge is 0.487 e. The van der Waals surface area contributed by atoms with Gasteiger partial charge in [-0.2, -0.15) is 10.1 Å². The van der Waals surface area contributed by atoms with E-state index in [9.17, 15) is 4.79 Å². The number of carbonyl (C=O) groups excluding carboxylic acids is 1. The maximum atomic E-state index is 12.7. The summed E-state index contributed by atoms with van der Waals surface area (Å²) in [5, 5.41) is 9.07. The highest BCUT2D eigenvalue weighted by atomic mass is 32.1. The van der Waals surface area contributed by atoms with Crippen LogP contribution in [0.5, 0.6) is 5.75 Å². The molecule has 0 aliphatic rings. The fraction of sp³-hybridized carbons (Fsp3) is 0.0500. The van der Waals surface area contributed by atoms with Crippen LogP contribution in [0.4, 0.5) is 5.95 Å². The highest BCUT2D eigenvalue weighted by Gasteiger charge is 2.19. The van der Waals surface area contributed by atoms with E-state index in [-0.39, 0.29) is 5.91 Å². The molecule has 0 saturated carbocycles. The molecule has 0 saturated heterocycles. The molecular formula is C20H16N4O2S. The first-order valence-electron chi connectivity index (χ1n) is 8.32. The van der Waals surface area contributed by atoms with E-state index >= 15 is 0 Å². The van der Waals surface area contributed by atoms with E-state index in [1.807, 2.05) is 66.7 Å².